The van der Waals surface area contributed by atoms with E-state index in [0.29, 0.717) is 24.3 Å². The summed E-state index contributed by atoms with van der Waals surface area (Å²) < 4.78 is 10.3. The number of benzene rings is 1. The van der Waals surface area contributed by atoms with Crippen molar-refractivity contribution < 1.29 is 14.6 Å². The van der Waals surface area contributed by atoms with Gasteiger partial charge in [0.15, 0.2) is 11.5 Å². The van der Waals surface area contributed by atoms with Crippen LogP contribution in [0, 0.1) is 12.3 Å². The number of ether oxygens (including phenoxy) is 2. The van der Waals surface area contributed by atoms with Gasteiger partial charge in [0.05, 0.1) is 20.3 Å². The molecule has 1 aromatic rings. The van der Waals surface area contributed by atoms with Crippen LogP contribution in [0.25, 0.3) is 0 Å². The first kappa shape index (κ1) is 13.4. The third-order valence-electron chi connectivity index (χ3n) is 2.59. The van der Waals surface area contributed by atoms with Crippen LogP contribution in [0.5, 0.6) is 11.5 Å². The minimum Gasteiger partial charge on any atom is -0.493 e. The molecule has 1 atom stereocenters. The number of aliphatic hydroxyl groups excluding tert-OH is 1. The van der Waals surface area contributed by atoms with Gasteiger partial charge in [-0.1, -0.05) is 6.07 Å². The number of hydrogen-bond acceptors (Lipinski definition) is 3. The minimum atomic E-state index is -0.511. The Bertz CT molecular complexity index is 393. The molecule has 1 aromatic carbocycles. The Morgan fingerprint density at radius 3 is 2.59 bits per heavy atom. The SMILES string of the molecule is C#CCCCC(O)c1ccc(OC)c(OC)c1. The molecule has 17 heavy (non-hydrogen) atoms. The zero-order valence-corrected chi connectivity index (χ0v) is 10.3. The first-order valence-corrected chi connectivity index (χ1v) is 5.56. The number of hydrogen-bond donors (Lipinski definition) is 1. The summed E-state index contributed by atoms with van der Waals surface area (Å²) in [5, 5.41) is 9.97. The van der Waals surface area contributed by atoms with E-state index in [2.05, 4.69) is 5.92 Å². The third kappa shape index (κ3) is 3.69. The molecule has 3 heteroatoms. The summed E-state index contributed by atoms with van der Waals surface area (Å²) in [5.41, 5.74) is 0.819. The van der Waals surface area contributed by atoms with Gasteiger partial charge in [0, 0.05) is 6.42 Å². The Morgan fingerprint density at radius 2 is 2.00 bits per heavy atom. The van der Waals surface area contributed by atoms with Gasteiger partial charge in [-0.3, -0.25) is 0 Å². The predicted molar refractivity (Wildman–Crippen MR) is 67.2 cm³/mol. The monoisotopic (exact) mass is 234 g/mol. The molecule has 0 aliphatic carbocycles. The molecule has 0 fully saturated rings. The molecule has 0 saturated carbocycles. The van der Waals surface area contributed by atoms with Crippen molar-refractivity contribution >= 4 is 0 Å². The topological polar surface area (TPSA) is 38.7 Å². The molecule has 0 heterocycles. The lowest BCUT2D eigenvalue weighted by molar-refractivity contribution is 0.164. The van der Waals surface area contributed by atoms with Crippen molar-refractivity contribution in [2.45, 2.75) is 25.4 Å². The number of unbranched alkanes of at least 4 members (excludes halogenated alkanes) is 1. The summed E-state index contributed by atoms with van der Waals surface area (Å²) in [7, 11) is 3.16. The van der Waals surface area contributed by atoms with Gasteiger partial charge in [-0.25, -0.2) is 0 Å². The van der Waals surface area contributed by atoms with Crippen LogP contribution >= 0.6 is 0 Å². The zero-order chi connectivity index (χ0) is 12.7. The van der Waals surface area contributed by atoms with E-state index in [1.165, 1.54) is 0 Å². The molecule has 0 bridgehead atoms. The highest BCUT2D eigenvalue weighted by Gasteiger charge is 2.11. The number of terminal acetylenes is 1. The second-order valence-corrected chi connectivity index (χ2v) is 3.73. The number of aliphatic hydroxyl groups is 1. The van der Waals surface area contributed by atoms with Crippen molar-refractivity contribution in [3.05, 3.63) is 23.8 Å². The molecule has 1 unspecified atom stereocenters. The molecule has 0 aliphatic rings. The molecule has 0 spiro atoms. The van der Waals surface area contributed by atoms with Gasteiger partial charge in [-0.15, -0.1) is 12.3 Å². The summed E-state index contributed by atoms with van der Waals surface area (Å²) in [6.45, 7) is 0. The zero-order valence-electron chi connectivity index (χ0n) is 10.3. The summed E-state index contributed by atoms with van der Waals surface area (Å²) in [6, 6.07) is 5.42. The fourth-order valence-corrected chi connectivity index (χ4v) is 1.62. The molecule has 0 aromatic heterocycles. The van der Waals surface area contributed by atoms with E-state index < -0.39 is 6.10 Å². The third-order valence-corrected chi connectivity index (χ3v) is 2.59. The molecular formula is C14H18O3. The smallest absolute Gasteiger partial charge is 0.161 e. The van der Waals surface area contributed by atoms with E-state index in [0.717, 1.165) is 12.0 Å². The van der Waals surface area contributed by atoms with Crippen molar-refractivity contribution in [3.8, 4) is 23.8 Å². The normalized spacial score (nSPS) is 11.6. The number of rotatable bonds is 6. The van der Waals surface area contributed by atoms with Gasteiger partial charge >= 0.3 is 0 Å². The lowest BCUT2D eigenvalue weighted by Crippen LogP contribution is -1.99. The van der Waals surface area contributed by atoms with Crippen molar-refractivity contribution in [3.63, 3.8) is 0 Å². The second-order valence-electron chi connectivity index (χ2n) is 3.73. The highest BCUT2D eigenvalue weighted by molar-refractivity contribution is 5.43. The summed E-state index contributed by atoms with van der Waals surface area (Å²) >= 11 is 0. The lowest BCUT2D eigenvalue weighted by atomic mass is 10.0. The van der Waals surface area contributed by atoms with E-state index in [9.17, 15) is 5.11 Å². The molecule has 0 aliphatic heterocycles. The van der Waals surface area contributed by atoms with Crippen LogP contribution in [0.15, 0.2) is 18.2 Å². The van der Waals surface area contributed by atoms with Crippen LogP contribution in [-0.4, -0.2) is 19.3 Å². The molecule has 92 valence electrons. The van der Waals surface area contributed by atoms with Gasteiger partial charge in [0.1, 0.15) is 0 Å². The van der Waals surface area contributed by atoms with Crippen molar-refractivity contribution in [1.82, 2.24) is 0 Å². The maximum atomic E-state index is 9.97. The average Bonchev–Trinajstić information content (AvgIpc) is 2.38. The minimum absolute atomic E-state index is 0.511. The average molecular weight is 234 g/mol. The summed E-state index contributed by atoms with van der Waals surface area (Å²) in [6.07, 6.45) is 6.81. The van der Waals surface area contributed by atoms with E-state index in [-0.39, 0.29) is 0 Å². The molecule has 1 rings (SSSR count). The van der Waals surface area contributed by atoms with Crippen LogP contribution < -0.4 is 9.47 Å². The Hall–Kier alpha value is -1.66. The Kier molecular flexibility index (Phi) is 5.38. The van der Waals surface area contributed by atoms with Gasteiger partial charge in [-0.2, -0.15) is 0 Å². The molecule has 3 nitrogen and oxygen atoms in total. The number of methoxy groups -OCH3 is 2. The van der Waals surface area contributed by atoms with Crippen LogP contribution in [0.4, 0.5) is 0 Å². The van der Waals surface area contributed by atoms with Crippen molar-refractivity contribution in [2.24, 2.45) is 0 Å². The van der Waals surface area contributed by atoms with Crippen LogP contribution in [0.2, 0.25) is 0 Å². The van der Waals surface area contributed by atoms with E-state index in [1.54, 1.807) is 26.4 Å². The van der Waals surface area contributed by atoms with Crippen molar-refractivity contribution in [1.29, 1.82) is 0 Å². The maximum absolute atomic E-state index is 9.97. The van der Waals surface area contributed by atoms with Gasteiger partial charge in [0.25, 0.3) is 0 Å². The highest BCUT2D eigenvalue weighted by atomic mass is 16.5. The van der Waals surface area contributed by atoms with Gasteiger partial charge in [0.2, 0.25) is 0 Å². The largest absolute Gasteiger partial charge is 0.493 e. The first-order chi connectivity index (χ1) is 8.22. The Balaban J connectivity index is 2.74. The Morgan fingerprint density at radius 1 is 1.29 bits per heavy atom. The van der Waals surface area contributed by atoms with E-state index >= 15 is 0 Å². The van der Waals surface area contributed by atoms with Crippen molar-refractivity contribution in [2.75, 3.05) is 14.2 Å². The fourth-order valence-electron chi connectivity index (χ4n) is 1.62. The molecule has 0 saturated heterocycles. The van der Waals surface area contributed by atoms with Gasteiger partial charge in [-0.05, 0) is 30.5 Å². The highest BCUT2D eigenvalue weighted by Crippen LogP contribution is 2.31. The van der Waals surface area contributed by atoms with Gasteiger partial charge < -0.3 is 14.6 Å². The molecule has 1 N–H and O–H groups in total. The van der Waals surface area contributed by atoms with Crippen LogP contribution in [0.1, 0.15) is 30.9 Å². The molecular weight excluding hydrogens is 216 g/mol. The summed E-state index contributed by atoms with van der Waals surface area (Å²) in [5.74, 6) is 3.84. The first-order valence-electron chi connectivity index (χ1n) is 5.56. The predicted octanol–water partition coefficient (Wildman–Crippen LogP) is 2.54. The lowest BCUT2D eigenvalue weighted by Gasteiger charge is -2.13. The molecule has 0 radical (unpaired) electrons. The maximum Gasteiger partial charge on any atom is 0.161 e. The Labute approximate surface area is 102 Å². The second kappa shape index (κ2) is 6.82. The summed E-state index contributed by atoms with van der Waals surface area (Å²) in [4.78, 5) is 0. The molecule has 0 amide bonds. The van der Waals surface area contributed by atoms with Crippen LogP contribution in [-0.2, 0) is 0 Å². The van der Waals surface area contributed by atoms with Crippen LogP contribution in [0.3, 0.4) is 0 Å². The van der Waals surface area contributed by atoms with E-state index in [1.807, 2.05) is 6.07 Å². The quantitative estimate of drug-likeness (QED) is 0.607. The fraction of sp³-hybridized carbons (Fsp3) is 0.429. The van der Waals surface area contributed by atoms with E-state index in [4.69, 9.17) is 15.9 Å². The standard InChI is InChI=1S/C14H18O3/c1-4-5-6-7-12(15)11-8-9-13(16-2)14(10-11)17-3/h1,8-10,12,15H,5-7H2,2-3H3.